The van der Waals surface area contributed by atoms with Crippen LogP contribution in [0, 0.1) is 0 Å². The summed E-state index contributed by atoms with van der Waals surface area (Å²) in [7, 11) is -3.72. The van der Waals surface area contributed by atoms with Gasteiger partial charge in [-0.05, 0) is 43.7 Å². The van der Waals surface area contributed by atoms with Crippen LogP contribution in [0.5, 0.6) is 0 Å². The largest absolute Gasteiger partial charge is 0.328 e. The van der Waals surface area contributed by atoms with Crippen LogP contribution in [0.15, 0.2) is 24.3 Å². The lowest BCUT2D eigenvalue weighted by molar-refractivity contribution is -0.156. The van der Waals surface area contributed by atoms with E-state index < -0.39 is 26.7 Å². The number of hydrogen-bond donors (Lipinski definition) is 1. The third kappa shape index (κ3) is 4.51. The maximum atomic E-state index is 12.7. The van der Waals surface area contributed by atoms with Crippen molar-refractivity contribution in [1.82, 2.24) is 9.62 Å². The summed E-state index contributed by atoms with van der Waals surface area (Å²) in [6.45, 7) is 11.5. The third-order valence-corrected chi connectivity index (χ3v) is 6.95. The number of carbonyl (C=O) groups excluding carboxylic acids is 2. The predicted molar refractivity (Wildman–Crippen MR) is 106 cm³/mol. The molecule has 2 amide bonds. The first-order chi connectivity index (χ1) is 12.3. The van der Waals surface area contributed by atoms with E-state index in [1.54, 1.807) is 6.92 Å². The van der Waals surface area contributed by atoms with Crippen molar-refractivity contribution in [2.75, 3.05) is 6.54 Å². The monoisotopic (exact) mass is 394 g/mol. The Kier molecular flexibility index (Phi) is 5.76. The van der Waals surface area contributed by atoms with Gasteiger partial charge in [-0.25, -0.2) is 8.42 Å². The van der Waals surface area contributed by atoms with Crippen molar-refractivity contribution < 1.29 is 18.0 Å². The number of amides is 2. The van der Waals surface area contributed by atoms with Gasteiger partial charge in [0, 0.05) is 6.54 Å². The second-order valence-electron chi connectivity index (χ2n) is 8.72. The molecule has 0 spiro atoms. The average molecular weight is 395 g/mol. The Morgan fingerprint density at radius 1 is 1.19 bits per heavy atom. The summed E-state index contributed by atoms with van der Waals surface area (Å²) in [5.74, 6) is -0.816. The molecule has 1 saturated heterocycles. The van der Waals surface area contributed by atoms with Crippen LogP contribution in [0.3, 0.4) is 0 Å². The number of sulfonamides is 1. The number of carbonyl (C=O) groups is 2. The van der Waals surface area contributed by atoms with Crippen molar-refractivity contribution in [2.24, 2.45) is 0 Å². The van der Waals surface area contributed by atoms with E-state index in [9.17, 15) is 18.0 Å². The minimum atomic E-state index is -3.72. The molecule has 1 aliphatic heterocycles. The van der Waals surface area contributed by atoms with Gasteiger partial charge in [-0.2, -0.15) is 0 Å². The highest BCUT2D eigenvalue weighted by molar-refractivity contribution is 7.90. The zero-order chi connectivity index (χ0) is 20.6. The average Bonchev–Trinajstić information content (AvgIpc) is 2.51. The molecule has 1 heterocycles. The SMILES string of the molecule is CC(C)S(=O)(=O)NC(=O)C1(C)CCN1C(=O)Cc1ccc(C(C)(C)C)cc1. The summed E-state index contributed by atoms with van der Waals surface area (Å²) < 4.78 is 26.1. The maximum Gasteiger partial charge on any atom is 0.259 e. The third-order valence-electron chi connectivity index (χ3n) is 5.24. The molecule has 0 bridgehead atoms. The lowest BCUT2D eigenvalue weighted by Gasteiger charge is -2.49. The molecule has 1 aromatic rings. The van der Waals surface area contributed by atoms with E-state index in [1.165, 1.54) is 24.3 Å². The lowest BCUT2D eigenvalue weighted by atomic mass is 9.84. The van der Waals surface area contributed by atoms with Gasteiger partial charge in [0.1, 0.15) is 5.54 Å². The summed E-state index contributed by atoms with van der Waals surface area (Å²) in [5, 5.41) is -0.712. The van der Waals surface area contributed by atoms with Crippen LogP contribution in [0.4, 0.5) is 0 Å². The van der Waals surface area contributed by atoms with Gasteiger partial charge in [-0.3, -0.25) is 14.3 Å². The molecule has 2 rings (SSSR count). The molecule has 1 atom stereocenters. The molecule has 0 aromatic heterocycles. The first kappa shape index (κ1) is 21.4. The topological polar surface area (TPSA) is 83.6 Å². The first-order valence-electron chi connectivity index (χ1n) is 9.23. The first-order valence-corrected chi connectivity index (χ1v) is 10.8. The number of rotatable bonds is 5. The van der Waals surface area contributed by atoms with Gasteiger partial charge in [0.15, 0.2) is 0 Å². The fraction of sp³-hybridized carbons (Fsp3) is 0.600. The highest BCUT2D eigenvalue weighted by atomic mass is 32.2. The van der Waals surface area contributed by atoms with E-state index in [2.05, 4.69) is 25.5 Å². The quantitative estimate of drug-likeness (QED) is 0.831. The van der Waals surface area contributed by atoms with Crippen molar-refractivity contribution >= 4 is 21.8 Å². The van der Waals surface area contributed by atoms with Crippen LogP contribution >= 0.6 is 0 Å². The Morgan fingerprint density at radius 2 is 1.74 bits per heavy atom. The van der Waals surface area contributed by atoms with Gasteiger partial charge in [0.2, 0.25) is 15.9 Å². The number of nitrogens with zero attached hydrogens (tertiary/aromatic N) is 1. The molecule has 150 valence electrons. The number of nitrogens with one attached hydrogen (secondary N) is 1. The predicted octanol–water partition coefficient (Wildman–Crippen LogP) is 2.37. The zero-order valence-electron chi connectivity index (χ0n) is 17.0. The van der Waals surface area contributed by atoms with E-state index in [0.717, 1.165) is 5.56 Å². The van der Waals surface area contributed by atoms with E-state index in [-0.39, 0.29) is 17.7 Å². The smallest absolute Gasteiger partial charge is 0.259 e. The van der Waals surface area contributed by atoms with Gasteiger partial charge in [-0.1, -0.05) is 45.0 Å². The van der Waals surface area contributed by atoms with Crippen molar-refractivity contribution in [3.63, 3.8) is 0 Å². The molecule has 1 fully saturated rings. The fourth-order valence-corrected chi connectivity index (χ4v) is 3.66. The van der Waals surface area contributed by atoms with Crippen LogP contribution in [0.2, 0.25) is 0 Å². The summed E-state index contributed by atoms with van der Waals surface area (Å²) in [6, 6.07) is 7.89. The minimum Gasteiger partial charge on any atom is -0.328 e. The molecule has 1 aromatic carbocycles. The van der Waals surface area contributed by atoms with Crippen molar-refractivity contribution in [2.45, 2.75) is 70.6 Å². The normalized spacial score (nSPS) is 20.3. The summed E-state index contributed by atoms with van der Waals surface area (Å²) in [6.07, 6.45) is 0.630. The summed E-state index contributed by atoms with van der Waals surface area (Å²) >= 11 is 0. The number of hydrogen-bond acceptors (Lipinski definition) is 4. The van der Waals surface area contributed by atoms with Gasteiger partial charge in [0.25, 0.3) is 5.91 Å². The minimum absolute atomic E-state index is 0.0403. The van der Waals surface area contributed by atoms with Gasteiger partial charge >= 0.3 is 0 Å². The van der Waals surface area contributed by atoms with E-state index >= 15 is 0 Å². The van der Waals surface area contributed by atoms with Gasteiger partial charge < -0.3 is 4.90 Å². The Hall–Kier alpha value is -1.89. The molecule has 7 heteroatoms. The van der Waals surface area contributed by atoms with Crippen molar-refractivity contribution in [1.29, 1.82) is 0 Å². The number of benzene rings is 1. The zero-order valence-corrected chi connectivity index (χ0v) is 17.8. The molecule has 27 heavy (non-hydrogen) atoms. The molecular formula is C20H30N2O4S. The second-order valence-corrected chi connectivity index (χ2v) is 11.0. The fourth-order valence-electron chi connectivity index (χ4n) is 2.94. The Labute approximate surface area is 162 Å². The number of likely N-dealkylation sites (tertiary alicyclic amines) is 1. The van der Waals surface area contributed by atoms with Crippen LogP contribution in [-0.2, 0) is 31.4 Å². The standard InChI is InChI=1S/C20H30N2O4S/c1-14(2)27(25,26)21-18(24)20(6)11-12-22(20)17(23)13-15-7-9-16(10-8-15)19(3,4)5/h7-10,14H,11-13H2,1-6H3,(H,21,24). The second kappa shape index (κ2) is 7.26. The lowest BCUT2D eigenvalue weighted by Crippen LogP contribution is -2.68. The molecule has 1 N–H and O–H groups in total. The molecule has 1 unspecified atom stereocenters. The Balaban J connectivity index is 2.07. The highest BCUT2D eigenvalue weighted by Crippen LogP contribution is 2.32. The molecule has 0 saturated carbocycles. The molecule has 1 aliphatic rings. The van der Waals surface area contributed by atoms with E-state index in [1.807, 2.05) is 24.3 Å². The molecule has 6 nitrogen and oxygen atoms in total. The Bertz CT molecular complexity index is 823. The van der Waals surface area contributed by atoms with E-state index in [0.29, 0.717) is 13.0 Å². The van der Waals surface area contributed by atoms with Crippen molar-refractivity contribution in [3.05, 3.63) is 35.4 Å². The van der Waals surface area contributed by atoms with Crippen LogP contribution in [-0.4, -0.2) is 42.5 Å². The Morgan fingerprint density at radius 3 is 2.15 bits per heavy atom. The van der Waals surface area contributed by atoms with Gasteiger partial charge in [-0.15, -0.1) is 0 Å². The van der Waals surface area contributed by atoms with E-state index in [4.69, 9.17) is 0 Å². The van der Waals surface area contributed by atoms with Crippen LogP contribution in [0.25, 0.3) is 0 Å². The van der Waals surface area contributed by atoms with Crippen LogP contribution < -0.4 is 4.72 Å². The van der Waals surface area contributed by atoms with Crippen molar-refractivity contribution in [3.8, 4) is 0 Å². The summed E-state index contributed by atoms with van der Waals surface area (Å²) in [5.41, 5.74) is 0.978. The van der Waals surface area contributed by atoms with Gasteiger partial charge in [0.05, 0.1) is 11.7 Å². The molecule has 0 radical (unpaired) electrons. The van der Waals surface area contributed by atoms with Crippen LogP contribution in [0.1, 0.15) is 59.1 Å². The summed E-state index contributed by atoms with van der Waals surface area (Å²) in [4.78, 5) is 26.7. The highest BCUT2D eigenvalue weighted by Gasteiger charge is 2.50. The molecular weight excluding hydrogens is 364 g/mol. The maximum absolute atomic E-state index is 12.7. The molecule has 0 aliphatic carbocycles.